The Morgan fingerprint density at radius 1 is 1.06 bits per heavy atom. The first-order chi connectivity index (χ1) is 8.29. The molecule has 0 unspecified atom stereocenters. The zero-order valence-corrected chi connectivity index (χ0v) is 11.7. The molecule has 0 N–H and O–H groups in total. The van der Waals surface area contributed by atoms with E-state index in [-0.39, 0.29) is 0 Å². The Kier molecular flexibility index (Phi) is 4.88. The first kappa shape index (κ1) is 12.9. The molecule has 17 heavy (non-hydrogen) atoms. The molecule has 2 aliphatic rings. The van der Waals surface area contributed by atoms with Gasteiger partial charge in [0.05, 0.1) is 0 Å². The average molecular weight is 232 g/mol. The van der Waals surface area contributed by atoms with Crippen molar-refractivity contribution in [1.29, 1.82) is 0 Å². The van der Waals surface area contributed by atoms with E-state index in [2.05, 4.69) is 26.0 Å². The van der Waals surface area contributed by atoms with Crippen molar-refractivity contribution in [1.82, 2.24) is 0 Å². The molecule has 1 fully saturated rings. The Balaban J connectivity index is 1.79. The normalized spacial score (nSPS) is 29.8. The van der Waals surface area contributed by atoms with E-state index in [0.29, 0.717) is 0 Å². The molecular formula is C17H28. The number of allylic oxidation sites excluding steroid dienone is 4. The van der Waals surface area contributed by atoms with Crippen LogP contribution in [0.1, 0.15) is 71.6 Å². The fourth-order valence-corrected chi connectivity index (χ4v) is 3.41. The van der Waals surface area contributed by atoms with Gasteiger partial charge >= 0.3 is 0 Å². The van der Waals surface area contributed by atoms with Gasteiger partial charge in [-0.3, -0.25) is 0 Å². The molecule has 0 heterocycles. The fourth-order valence-electron chi connectivity index (χ4n) is 3.41. The monoisotopic (exact) mass is 232 g/mol. The van der Waals surface area contributed by atoms with Crippen LogP contribution in [0.4, 0.5) is 0 Å². The van der Waals surface area contributed by atoms with Crippen molar-refractivity contribution in [2.75, 3.05) is 0 Å². The van der Waals surface area contributed by atoms with Gasteiger partial charge in [0.25, 0.3) is 0 Å². The van der Waals surface area contributed by atoms with E-state index in [9.17, 15) is 0 Å². The second-order valence-corrected chi connectivity index (χ2v) is 6.11. The van der Waals surface area contributed by atoms with Gasteiger partial charge in [-0.2, -0.15) is 0 Å². The third-order valence-corrected chi connectivity index (χ3v) is 4.73. The third kappa shape index (κ3) is 3.72. The molecule has 0 saturated heterocycles. The van der Waals surface area contributed by atoms with Gasteiger partial charge in [-0.15, -0.1) is 0 Å². The SMILES string of the molecule is CCCCC1CCC(C2=CC=C(C)CC2)CC1. The van der Waals surface area contributed by atoms with Crippen molar-refractivity contribution in [3.63, 3.8) is 0 Å². The van der Waals surface area contributed by atoms with Gasteiger partial charge in [0.2, 0.25) is 0 Å². The van der Waals surface area contributed by atoms with Crippen LogP contribution in [-0.4, -0.2) is 0 Å². The second kappa shape index (κ2) is 6.42. The molecular weight excluding hydrogens is 204 g/mol. The Morgan fingerprint density at radius 3 is 2.41 bits per heavy atom. The van der Waals surface area contributed by atoms with Crippen LogP contribution in [-0.2, 0) is 0 Å². The van der Waals surface area contributed by atoms with E-state index >= 15 is 0 Å². The summed E-state index contributed by atoms with van der Waals surface area (Å²) in [4.78, 5) is 0. The molecule has 0 atom stereocenters. The van der Waals surface area contributed by atoms with Crippen molar-refractivity contribution in [3.8, 4) is 0 Å². The molecule has 0 aromatic carbocycles. The Bertz CT molecular complexity index is 287. The van der Waals surface area contributed by atoms with E-state index in [1.54, 1.807) is 11.1 Å². The van der Waals surface area contributed by atoms with Crippen LogP contribution in [0.25, 0.3) is 0 Å². The van der Waals surface area contributed by atoms with E-state index in [4.69, 9.17) is 0 Å². The fraction of sp³-hybridized carbons (Fsp3) is 0.765. The standard InChI is InChI=1S/C17H28/c1-3-4-5-15-8-12-17(13-9-15)16-10-6-14(2)7-11-16/h6,10,15,17H,3-5,7-9,11-13H2,1-2H3. The zero-order chi connectivity index (χ0) is 12.1. The van der Waals surface area contributed by atoms with Gasteiger partial charge in [0.1, 0.15) is 0 Å². The minimum absolute atomic E-state index is 0.928. The molecule has 0 spiro atoms. The molecule has 2 aliphatic carbocycles. The van der Waals surface area contributed by atoms with Crippen LogP contribution < -0.4 is 0 Å². The zero-order valence-electron chi connectivity index (χ0n) is 11.7. The minimum atomic E-state index is 0.928. The Morgan fingerprint density at radius 2 is 1.82 bits per heavy atom. The smallest absolute Gasteiger partial charge is 0.0200 e. The maximum absolute atomic E-state index is 2.43. The first-order valence-electron chi connectivity index (χ1n) is 7.65. The molecule has 0 aliphatic heterocycles. The molecule has 0 bridgehead atoms. The molecule has 1 saturated carbocycles. The number of unbranched alkanes of at least 4 members (excludes halogenated alkanes) is 1. The van der Waals surface area contributed by atoms with Crippen molar-refractivity contribution >= 4 is 0 Å². The Hall–Kier alpha value is -0.520. The highest BCUT2D eigenvalue weighted by Gasteiger charge is 2.23. The van der Waals surface area contributed by atoms with Gasteiger partial charge in [-0.05, 0) is 57.3 Å². The highest BCUT2D eigenvalue weighted by Crippen LogP contribution is 2.38. The molecule has 0 radical (unpaired) electrons. The van der Waals surface area contributed by atoms with Gasteiger partial charge in [0.15, 0.2) is 0 Å². The average Bonchev–Trinajstić information content (AvgIpc) is 2.38. The summed E-state index contributed by atoms with van der Waals surface area (Å²) < 4.78 is 0. The molecule has 2 rings (SSSR count). The number of hydrogen-bond acceptors (Lipinski definition) is 0. The summed E-state index contributed by atoms with van der Waals surface area (Å²) in [7, 11) is 0. The summed E-state index contributed by atoms with van der Waals surface area (Å²) in [5.74, 6) is 1.98. The molecule has 0 heteroatoms. The van der Waals surface area contributed by atoms with Gasteiger partial charge in [-0.1, -0.05) is 49.5 Å². The molecule has 96 valence electrons. The highest BCUT2D eigenvalue weighted by molar-refractivity contribution is 5.24. The van der Waals surface area contributed by atoms with E-state index in [1.165, 1.54) is 57.8 Å². The molecule has 0 aromatic rings. The van der Waals surface area contributed by atoms with Crippen LogP contribution in [0.3, 0.4) is 0 Å². The highest BCUT2D eigenvalue weighted by atomic mass is 14.3. The molecule has 0 nitrogen and oxygen atoms in total. The predicted octanol–water partition coefficient (Wildman–Crippen LogP) is 5.65. The van der Waals surface area contributed by atoms with Crippen LogP contribution in [0.15, 0.2) is 23.3 Å². The topological polar surface area (TPSA) is 0 Å². The predicted molar refractivity (Wildman–Crippen MR) is 76.0 cm³/mol. The quantitative estimate of drug-likeness (QED) is 0.587. The first-order valence-corrected chi connectivity index (χ1v) is 7.65. The van der Waals surface area contributed by atoms with E-state index < -0.39 is 0 Å². The van der Waals surface area contributed by atoms with Gasteiger partial charge in [0, 0.05) is 0 Å². The van der Waals surface area contributed by atoms with Crippen LogP contribution in [0.5, 0.6) is 0 Å². The van der Waals surface area contributed by atoms with Crippen molar-refractivity contribution in [3.05, 3.63) is 23.3 Å². The lowest BCUT2D eigenvalue weighted by Crippen LogP contribution is -2.17. The Labute approximate surface area is 107 Å². The largest absolute Gasteiger partial charge is 0.0730 e. The van der Waals surface area contributed by atoms with Crippen molar-refractivity contribution in [2.45, 2.75) is 71.6 Å². The van der Waals surface area contributed by atoms with E-state index in [0.717, 1.165) is 11.8 Å². The number of hydrogen-bond donors (Lipinski definition) is 0. The third-order valence-electron chi connectivity index (χ3n) is 4.73. The summed E-state index contributed by atoms with van der Waals surface area (Å²) >= 11 is 0. The lowest BCUT2D eigenvalue weighted by Gasteiger charge is -2.31. The summed E-state index contributed by atoms with van der Waals surface area (Å²) in [5.41, 5.74) is 3.31. The number of rotatable bonds is 4. The second-order valence-electron chi connectivity index (χ2n) is 6.11. The van der Waals surface area contributed by atoms with Gasteiger partial charge in [-0.25, -0.2) is 0 Å². The van der Waals surface area contributed by atoms with Crippen LogP contribution in [0.2, 0.25) is 0 Å². The van der Waals surface area contributed by atoms with Crippen molar-refractivity contribution in [2.24, 2.45) is 11.8 Å². The van der Waals surface area contributed by atoms with E-state index in [1.807, 2.05) is 0 Å². The summed E-state index contributed by atoms with van der Waals surface area (Å²) in [5, 5.41) is 0. The molecule has 0 amide bonds. The summed E-state index contributed by atoms with van der Waals surface area (Å²) in [6.07, 6.45) is 17.6. The maximum atomic E-state index is 2.43. The van der Waals surface area contributed by atoms with Crippen molar-refractivity contribution < 1.29 is 0 Å². The lowest BCUT2D eigenvalue weighted by molar-refractivity contribution is 0.279. The van der Waals surface area contributed by atoms with Gasteiger partial charge < -0.3 is 0 Å². The summed E-state index contributed by atoms with van der Waals surface area (Å²) in [6.45, 7) is 4.57. The molecule has 0 aromatic heterocycles. The summed E-state index contributed by atoms with van der Waals surface area (Å²) in [6, 6.07) is 0. The van der Waals surface area contributed by atoms with Crippen LogP contribution >= 0.6 is 0 Å². The van der Waals surface area contributed by atoms with Crippen LogP contribution in [0, 0.1) is 11.8 Å². The maximum Gasteiger partial charge on any atom is -0.0200 e. The minimum Gasteiger partial charge on any atom is -0.0730 e. The lowest BCUT2D eigenvalue weighted by atomic mass is 9.75.